The second kappa shape index (κ2) is 6.39. The molecule has 2 aliphatic rings. The third kappa shape index (κ3) is 2.92. The molecule has 2 atom stereocenters. The third-order valence-corrected chi connectivity index (χ3v) is 5.44. The van der Waals surface area contributed by atoms with Gasteiger partial charge in [-0.05, 0) is 43.5 Å². The van der Waals surface area contributed by atoms with E-state index in [-0.39, 0.29) is 18.1 Å². The smallest absolute Gasteiger partial charge is 0.289 e. The van der Waals surface area contributed by atoms with Gasteiger partial charge in [-0.3, -0.25) is 9.69 Å². The highest BCUT2D eigenvalue weighted by molar-refractivity contribution is 6.31. The lowest BCUT2D eigenvalue weighted by Crippen LogP contribution is -2.53. The molecule has 2 aromatic rings. The number of aliphatic hydroxyl groups excluding tert-OH is 1. The van der Waals surface area contributed by atoms with E-state index in [2.05, 4.69) is 4.90 Å². The van der Waals surface area contributed by atoms with Crippen LogP contribution in [0.5, 0.6) is 0 Å². The lowest BCUT2D eigenvalue weighted by atomic mass is 10.1. The van der Waals surface area contributed by atoms with Gasteiger partial charge in [0.15, 0.2) is 5.76 Å². The largest absolute Gasteiger partial charge is 0.451 e. The molecule has 1 amide bonds. The summed E-state index contributed by atoms with van der Waals surface area (Å²) in [7, 11) is 0. The molecular formula is C18H21ClN2O3. The van der Waals surface area contributed by atoms with Gasteiger partial charge in [-0.1, -0.05) is 11.6 Å². The number of piperazine rings is 1. The summed E-state index contributed by atoms with van der Waals surface area (Å²) >= 11 is 5.98. The van der Waals surface area contributed by atoms with Gasteiger partial charge in [0.25, 0.3) is 5.91 Å². The minimum Gasteiger partial charge on any atom is -0.451 e. The van der Waals surface area contributed by atoms with Crippen molar-refractivity contribution in [1.82, 2.24) is 9.80 Å². The van der Waals surface area contributed by atoms with Crippen molar-refractivity contribution in [3.05, 3.63) is 35.0 Å². The highest BCUT2D eigenvalue weighted by atomic mass is 35.5. The van der Waals surface area contributed by atoms with E-state index in [1.165, 1.54) is 0 Å². The number of carbonyl (C=O) groups is 1. The summed E-state index contributed by atoms with van der Waals surface area (Å²) in [5.74, 6) is 0.288. The van der Waals surface area contributed by atoms with Crippen molar-refractivity contribution in [3.8, 4) is 0 Å². The molecule has 4 rings (SSSR count). The normalized spacial score (nSPS) is 25.5. The van der Waals surface area contributed by atoms with Crippen molar-refractivity contribution in [1.29, 1.82) is 0 Å². The van der Waals surface area contributed by atoms with Crippen molar-refractivity contribution in [3.63, 3.8) is 0 Å². The summed E-state index contributed by atoms with van der Waals surface area (Å²) in [6, 6.07) is 7.37. The second-order valence-electron chi connectivity index (χ2n) is 6.69. The average molecular weight is 349 g/mol. The molecule has 24 heavy (non-hydrogen) atoms. The Labute approximate surface area is 145 Å². The highest BCUT2D eigenvalue weighted by Gasteiger charge is 2.33. The van der Waals surface area contributed by atoms with Gasteiger partial charge in [0.2, 0.25) is 0 Å². The number of hydrogen-bond donors (Lipinski definition) is 1. The number of halogens is 1. The van der Waals surface area contributed by atoms with E-state index in [1.54, 1.807) is 24.3 Å². The van der Waals surface area contributed by atoms with E-state index in [0.29, 0.717) is 29.5 Å². The first-order chi connectivity index (χ1) is 11.6. The zero-order valence-corrected chi connectivity index (χ0v) is 14.2. The molecule has 5 nitrogen and oxygen atoms in total. The van der Waals surface area contributed by atoms with Gasteiger partial charge in [0.1, 0.15) is 5.58 Å². The number of rotatable bonds is 2. The lowest BCUT2D eigenvalue weighted by Gasteiger charge is -2.38. The van der Waals surface area contributed by atoms with Crippen LogP contribution in [0, 0.1) is 0 Å². The number of hydrogen-bond acceptors (Lipinski definition) is 4. The Hall–Kier alpha value is -1.56. The molecule has 128 valence electrons. The van der Waals surface area contributed by atoms with Gasteiger partial charge in [0.05, 0.1) is 6.10 Å². The molecule has 1 saturated heterocycles. The summed E-state index contributed by atoms with van der Waals surface area (Å²) in [5, 5.41) is 11.5. The van der Waals surface area contributed by atoms with Gasteiger partial charge in [-0.2, -0.15) is 0 Å². The van der Waals surface area contributed by atoms with E-state index < -0.39 is 0 Å². The summed E-state index contributed by atoms with van der Waals surface area (Å²) in [6.07, 6.45) is 2.82. The molecule has 1 aliphatic heterocycles. The first-order valence-corrected chi connectivity index (χ1v) is 8.90. The minimum atomic E-state index is -0.215. The number of fused-ring (bicyclic) bond motifs is 1. The van der Waals surface area contributed by atoms with Crippen molar-refractivity contribution >= 4 is 28.5 Å². The van der Waals surface area contributed by atoms with Crippen LogP contribution >= 0.6 is 11.6 Å². The van der Waals surface area contributed by atoms with Crippen LogP contribution in [0.25, 0.3) is 11.0 Å². The fourth-order valence-electron chi connectivity index (χ4n) is 3.88. The van der Waals surface area contributed by atoms with Crippen LogP contribution in [0.2, 0.25) is 5.02 Å². The van der Waals surface area contributed by atoms with Crippen molar-refractivity contribution in [2.24, 2.45) is 0 Å². The summed E-state index contributed by atoms with van der Waals surface area (Å²) in [4.78, 5) is 16.8. The lowest BCUT2D eigenvalue weighted by molar-refractivity contribution is 0.0303. The number of aliphatic hydroxyl groups is 1. The van der Waals surface area contributed by atoms with Crippen molar-refractivity contribution in [2.75, 3.05) is 26.2 Å². The topological polar surface area (TPSA) is 56.9 Å². The zero-order chi connectivity index (χ0) is 16.7. The molecule has 1 N–H and O–H groups in total. The first kappa shape index (κ1) is 15.9. The second-order valence-corrected chi connectivity index (χ2v) is 7.12. The summed E-state index contributed by atoms with van der Waals surface area (Å²) < 4.78 is 5.68. The van der Waals surface area contributed by atoms with Crippen LogP contribution in [0.4, 0.5) is 0 Å². The maximum Gasteiger partial charge on any atom is 0.289 e. The number of carbonyl (C=O) groups excluding carboxylic acids is 1. The highest BCUT2D eigenvalue weighted by Crippen LogP contribution is 2.27. The number of furan rings is 1. The third-order valence-electron chi connectivity index (χ3n) is 5.20. The molecular weight excluding hydrogens is 328 g/mol. The molecule has 1 aromatic heterocycles. The predicted octanol–water partition coefficient (Wildman–Crippen LogP) is 2.76. The van der Waals surface area contributed by atoms with Crippen LogP contribution in [0.15, 0.2) is 28.7 Å². The standard InChI is InChI=1S/C18H21ClN2O3/c19-13-4-5-16-12(10-13)11-17(24-16)18(23)21-8-6-20(7-9-21)14-2-1-3-15(14)22/h4-5,10-11,14-15,22H,1-3,6-9H2. The quantitative estimate of drug-likeness (QED) is 0.906. The minimum absolute atomic E-state index is 0.0751. The van der Waals surface area contributed by atoms with E-state index in [0.717, 1.165) is 37.7 Å². The van der Waals surface area contributed by atoms with E-state index in [9.17, 15) is 9.90 Å². The molecule has 1 aromatic carbocycles. The Morgan fingerprint density at radius 3 is 2.67 bits per heavy atom. The van der Waals surface area contributed by atoms with Crippen LogP contribution in [0.1, 0.15) is 29.8 Å². The Morgan fingerprint density at radius 1 is 1.17 bits per heavy atom. The van der Waals surface area contributed by atoms with Crippen LogP contribution in [0.3, 0.4) is 0 Å². The molecule has 2 unspecified atom stereocenters. The van der Waals surface area contributed by atoms with Crippen LogP contribution in [-0.2, 0) is 0 Å². The molecule has 0 radical (unpaired) electrons. The van der Waals surface area contributed by atoms with Gasteiger partial charge in [-0.25, -0.2) is 0 Å². The Morgan fingerprint density at radius 2 is 1.96 bits per heavy atom. The monoisotopic (exact) mass is 348 g/mol. The van der Waals surface area contributed by atoms with E-state index in [4.69, 9.17) is 16.0 Å². The summed E-state index contributed by atoms with van der Waals surface area (Å²) in [6.45, 7) is 2.94. The Bertz CT molecular complexity index is 752. The fourth-order valence-corrected chi connectivity index (χ4v) is 4.06. The SMILES string of the molecule is O=C(c1cc2cc(Cl)ccc2o1)N1CCN(C2CCCC2O)CC1. The van der Waals surface area contributed by atoms with E-state index in [1.807, 2.05) is 4.90 Å². The first-order valence-electron chi connectivity index (χ1n) is 8.52. The van der Waals surface area contributed by atoms with Crippen molar-refractivity contribution < 1.29 is 14.3 Å². The molecule has 0 bridgehead atoms. The van der Waals surface area contributed by atoms with Crippen LogP contribution < -0.4 is 0 Å². The molecule has 0 spiro atoms. The maximum absolute atomic E-state index is 12.7. The average Bonchev–Trinajstić information content (AvgIpc) is 3.20. The number of nitrogens with zero attached hydrogens (tertiary/aromatic N) is 2. The zero-order valence-electron chi connectivity index (χ0n) is 13.4. The summed E-state index contributed by atoms with van der Waals surface area (Å²) in [5.41, 5.74) is 0.676. The van der Waals surface area contributed by atoms with Gasteiger partial charge < -0.3 is 14.4 Å². The fraction of sp³-hybridized carbons (Fsp3) is 0.500. The van der Waals surface area contributed by atoms with Crippen molar-refractivity contribution in [2.45, 2.75) is 31.4 Å². The molecule has 2 heterocycles. The Kier molecular flexibility index (Phi) is 4.24. The number of benzene rings is 1. The molecule has 2 fully saturated rings. The predicted molar refractivity (Wildman–Crippen MR) is 92.3 cm³/mol. The molecule has 1 saturated carbocycles. The molecule has 6 heteroatoms. The van der Waals surface area contributed by atoms with Gasteiger partial charge in [0, 0.05) is 42.6 Å². The maximum atomic E-state index is 12.7. The Balaban J connectivity index is 1.43. The van der Waals surface area contributed by atoms with Crippen LogP contribution in [-0.4, -0.2) is 59.1 Å². The van der Waals surface area contributed by atoms with E-state index >= 15 is 0 Å². The van der Waals surface area contributed by atoms with Gasteiger partial charge >= 0.3 is 0 Å². The van der Waals surface area contributed by atoms with Gasteiger partial charge in [-0.15, -0.1) is 0 Å². The molecule has 1 aliphatic carbocycles. The number of amides is 1.